The zero-order valence-corrected chi connectivity index (χ0v) is 12.1. The van der Waals surface area contributed by atoms with Crippen molar-refractivity contribution in [1.82, 2.24) is 0 Å². The van der Waals surface area contributed by atoms with Crippen LogP contribution in [-0.2, 0) is 15.5 Å². The van der Waals surface area contributed by atoms with Gasteiger partial charge in [0.15, 0.2) is 0 Å². The molecule has 0 aromatic heterocycles. The molecule has 3 nitrogen and oxygen atoms in total. The van der Waals surface area contributed by atoms with Gasteiger partial charge in [-0.3, -0.25) is 4.21 Å². The lowest BCUT2D eigenvalue weighted by Gasteiger charge is -2.23. The van der Waals surface area contributed by atoms with E-state index in [0.29, 0.717) is 5.25 Å². The fourth-order valence-electron chi connectivity index (χ4n) is 2.06. The van der Waals surface area contributed by atoms with Crippen molar-refractivity contribution < 1.29 is 8.95 Å². The van der Waals surface area contributed by atoms with Crippen LogP contribution in [0.2, 0.25) is 0 Å². The predicted octanol–water partition coefficient (Wildman–Crippen LogP) is 2.07. The molecule has 102 valence electrons. The maximum atomic E-state index is 12.0. The smallest absolute Gasteiger partial charge is 0.0477 e. The first kappa shape index (κ1) is 15.1. The van der Waals surface area contributed by atoms with E-state index >= 15 is 0 Å². The highest BCUT2D eigenvalue weighted by atomic mass is 32.2. The van der Waals surface area contributed by atoms with Gasteiger partial charge in [0.25, 0.3) is 0 Å². The van der Waals surface area contributed by atoms with Gasteiger partial charge in [-0.15, -0.1) is 0 Å². The molecule has 1 aliphatic rings. The first-order valence-electron chi connectivity index (χ1n) is 6.70. The molecule has 0 radical (unpaired) electrons. The molecule has 1 saturated heterocycles. The van der Waals surface area contributed by atoms with E-state index in [9.17, 15) is 4.21 Å². The van der Waals surface area contributed by atoms with E-state index in [-0.39, 0.29) is 5.41 Å². The Morgan fingerprint density at radius 1 is 1.29 bits per heavy atom. The van der Waals surface area contributed by atoms with E-state index in [2.05, 4.69) is 13.8 Å². The summed E-state index contributed by atoms with van der Waals surface area (Å²) >= 11 is 0. The highest BCUT2D eigenvalue weighted by Gasteiger charge is 2.20. The third-order valence-corrected chi connectivity index (χ3v) is 5.45. The van der Waals surface area contributed by atoms with Crippen molar-refractivity contribution in [2.75, 3.05) is 25.5 Å². The van der Waals surface area contributed by atoms with E-state index < -0.39 is 10.8 Å². The topological polar surface area (TPSA) is 52.3 Å². The second-order valence-electron chi connectivity index (χ2n) is 5.72. The molecule has 0 aromatic carbocycles. The first-order valence-corrected chi connectivity index (χ1v) is 8.08. The molecule has 0 amide bonds. The van der Waals surface area contributed by atoms with Gasteiger partial charge in [0.05, 0.1) is 0 Å². The molecule has 1 unspecified atom stereocenters. The Morgan fingerprint density at radius 2 is 1.94 bits per heavy atom. The van der Waals surface area contributed by atoms with Crippen molar-refractivity contribution in [3.8, 4) is 0 Å². The van der Waals surface area contributed by atoms with Crippen LogP contribution in [0.1, 0.15) is 46.0 Å². The van der Waals surface area contributed by atoms with Crippen LogP contribution in [-0.4, -0.2) is 35.0 Å². The molecule has 17 heavy (non-hydrogen) atoms. The SMILES string of the molecule is CC(C)(CN)CCCCS(=O)C1CCOCC1. The lowest BCUT2D eigenvalue weighted by molar-refractivity contribution is 0.0992. The van der Waals surface area contributed by atoms with Gasteiger partial charge >= 0.3 is 0 Å². The summed E-state index contributed by atoms with van der Waals surface area (Å²) < 4.78 is 17.3. The monoisotopic (exact) mass is 261 g/mol. The van der Waals surface area contributed by atoms with Crippen molar-refractivity contribution >= 4 is 10.8 Å². The van der Waals surface area contributed by atoms with Crippen LogP contribution in [0, 0.1) is 5.41 Å². The summed E-state index contributed by atoms with van der Waals surface area (Å²) in [5.41, 5.74) is 5.93. The van der Waals surface area contributed by atoms with Crippen molar-refractivity contribution in [3.05, 3.63) is 0 Å². The molecule has 1 heterocycles. The number of hydrogen-bond acceptors (Lipinski definition) is 3. The lowest BCUT2D eigenvalue weighted by atomic mass is 9.88. The van der Waals surface area contributed by atoms with Crippen LogP contribution in [0.25, 0.3) is 0 Å². The van der Waals surface area contributed by atoms with Crippen molar-refractivity contribution in [1.29, 1.82) is 0 Å². The molecular weight excluding hydrogens is 234 g/mol. The standard InChI is InChI=1S/C13H27NO2S/c1-13(2,11-14)7-3-4-10-17(15)12-5-8-16-9-6-12/h12H,3-11,14H2,1-2H3. The third-order valence-electron chi connectivity index (χ3n) is 3.54. The van der Waals surface area contributed by atoms with E-state index in [1.54, 1.807) is 0 Å². The fourth-order valence-corrected chi connectivity index (χ4v) is 3.60. The van der Waals surface area contributed by atoms with Crippen LogP contribution < -0.4 is 5.73 Å². The molecule has 2 N–H and O–H groups in total. The largest absolute Gasteiger partial charge is 0.381 e. The van der Waals surface area contributed by atoms with Crippen LogP contribution in [0.5, 0.6) is 0 Å². The minimum absolute atomic E-state index is 0.236. The summed E-state index contributed by atoms with van der Waals surface area (Å²) in [4.78, 5) is 0. The summed E-state index contributed by atoms with van der Waals surface area (Å²) in [7, 11) is -0.648. The van der Waals surface area contributed by atoms with Crippen molar-refractivity contribution in [2.45, 2.75) is 51.2 Å². The predicted molar refractivity (Wildman–Crippen MR) is 73.5 cm³/mol. The van der Waals surface area contributed by atoms with Crippen LogP contribution in [0.4, 0.5) is 0 Å². The van der Waals surface area contributed by atoms with E-state index in [1.807, 2.05) is 0 Å². The molecule has 0 bridgehead atoms. The minimum Gasteiger partial charge on any atom is -0.381 e. The van der Waals surface area contributed by atoms with Gasteiger partial charge in [-0.25, -0.2) is 0 Å². The fraction of sp³-hybridized carbons (Fsp3) is 1.00. The molecule has 1 rings (SSSR count). The highest BCUT2D eigenvalue weighted by molar-refractivity contribution is 7.85. The van der Waals surface area contributed by atoms with Gasteiger partial charge in [0.2, 0.25) is 0 Å². The summed E-state index contributed by atoms with van der Waals surface area (Å²) in [6.07, 6.45) is 5.28. The zero-order chi connectivity index (χ0) is 12.7. The Bertz CT molecular complexity index is 238. The van der Waals surface area contributed by atoms with Gasteiger partial charge < -0.3 is 10.5 Å². The van der Waals surface area contributed by atoms with Gasteiger partial charge in [-0.1, -0.05) is 20.3 Å². The number of rotatable bonds is 7. The van der Waals surface area contributed by atoms with E-state index in [0.717, 1.165) is 57.6 Å². The Labute approximate surface area is 108 Å². The maximum Gasteiger partial charge on any atom is 0.0477 e. The molecular formula is C13H27NO2S. The van der Waals surface area contributed by atoms with Crippen molar-refractivity contribution in [2.24, 2.45) is 11.1 Å². The average Bonchev–Trinajstić information content (AvgIpc) is 2.35. The third kappa shape index (κ3) is 5.98. The number of nitrogens with two attached hydrogens (primary N) is 1. The highest BCUT2D eigenvalue weighted by Crippen LogP contribution is 2.22. The Kier molecular flexibility index (Phi) is 6.67. The van der Waals surface area contributed by atoms with Gasteiger partial charge in [-0.2, -0.15) is 0 Å². The molecule has 0 spiro atoms. The zero-order valence-electron chi connectivity index (χ0n) is 11.2. The quantitative estimate of drug-likeness (QED) is 0.714. The van der Waals surface area contributed by atoms with Gasteiger partial charge in [0, 0.05) is 35.0 Å². The maximum absolute atomic E-state index is 12.0. The normalized spacial score (nSPS) is 20.4. The molecule has 0 aromatic rings. The van der Waals surface area contributed by atoms with Crippen LogP contribution in [0.3, 0.4) is 0 Å². The van der Waals surface area contributed by atoms with Crippen LogP contribution >= 0.6 is 0 Å². The average molecular weight is 261 g/mol. The summed E-state index contributed by atoms with van der Waals surface area (Å²) in [5, 5.41) is 0.381. The molecule has 1 atom stereocenters. The summed E-state index contributed by atoms with van der Waals surface area (Å²) in [6.45, 7) is 6.70. The molecule has 1 aliphatic heterocycles. The van der Waals surface area contributed by atoms with E-state index in [1.165, 1.54) is 0 Å². The van der Waals surface area contributed by atoms with Gasteiger partial charge in [0.1, 0.15) is 0 Å². The summed E-state index contributed by atoms with van der Waals surface area (Å²) in [6, 6.07) is 0. The second kappa shape index (κ2) is 7.49. The van der Waals surface area contributed by atoms with Crippen LogP contribution in [0.15, 0.2) is 0 Å². The number of ether oxygens (including phenoxy) is 1. The Hall–Kier alpha value is 0.0700. The minimum atomic E-state index is -0.648. The molecule has 1 fully saturated rings. The Balaban J connectivity index is 2.11. The molecule has 0 aliphatic carbocycles. The molecule has 0 saturated carbocycles. The molecule has 4 heteroatoms. The number of unbranched alkanes of at least 4 members (excludes halogenated alkanes) is 1. The van der Waals surface area contributed by atoms with Crippen molar-refractivity contribution in [3.63, 3.8) is 0 Å². The summed E-state index contributed by atoms with van der Waals surface area (Å²) in [5.74, 6) is 0.852. The second-order valence-corrected chi connectivity index (χ2v) is 7.56. The van der Waals surface area contributed by atoms with E-state index in [4.69, 9.17) is 10.5 Å². The Morgan fingerprint density at radius 3 is 2.53 bits per heavy atom. The first-order chi connectivity index (χ1) is 8.05. The number of hydrogen-bond donors (Lipinski definition) is 1. The lowest BCUT2D eigenvalue weighted by Crippen LogP contribution is -2.26. The van der Waals surface area contributed by atoms with Gasteiger partial charge in [-0.05, 0) is 37.6 Å².